The normalized spacial score (nSPS) is 10.5. The fraction of sp³-hybridized carbons (Fsp3) is 0.200. The molecule has 0 atom stereocenters. The maximum Gasteiger partial charge on any atom is 0.330 e. The predicted molar refractivity (Wildman–Crippen MR) is 97.4 cm³/mol. The van der Waals surface area contributed by atoms with Gasteiger partial charge < -0.3 is 14.8 Å². The Morgan fingerprint density at radius 3 is 2.56 bits per heavy atom. The molecular formula is C20H21NO4. The molecule has 5 nitrogen and oxygen atoms in total. The molecular weight excluding hydrogens is 318 g/mol. The van der Waals surface area contributed by atoms with Crippen LogP contribution in [0.5, 0.6) is 5.75 Å². The first-order valence-electron chi connectivity index (χ1n) is 8.01. The molecule has 130 valence electrons. The highest BCUT2D eigenvalue weighted by molar-refractivity contribution is 5.92. The third-order valence-electron chi connectivity index (χ3n) is 3.25. The van der Waals surface area contributed by atoms with Gasteiger partial charge in [-0.3, -0.25) is 4.79 Å². The molecule has 1 amide bonds. The van der Waals surface area contributed by atoms with Gasteiger partial charge in [0.1, 0.15) is 5.75 Å². The van der Waals surface area contributed by atoms with Crippen LogP contribution in [-0.2, 0) is 14.3 Å². The van der Waals surface area contributed by atoms with Gasteiger partial charge in [-0.1, -0.05) is 24.3 Å². The van der Waals surface area contributed by atoms with E-state index in [-0.39, 0.29) is 18.5 Å². The summed E-state index contributed by atoms with van der Waals surface area (Å²) in [6.07, 6.45) is 3.03. The number of ether oxygens (including phenoxy) is 2. The Bertz CT molecular complexity index is 751. The van der Waals surface area contributed by atoms with Gasteiger partial charge in [0.25, 0.3) is 5.91 Å². The topological polar surface area (TPSA) is 64.6 Å². The molecule has 0 aliphatic carbocycles. The highest BCUT2D eigenvalue weighted by atomic mass is 16.5. The zero-order valence-electron chi connectivity index (χ0n) is 14.3. The van der Waals surface area contributed by atoms with Crippen LogP contribution >= 0.6 is 0 Å². The summed E-state index contributed by atoms with van der Waals surface area (Å²) in [5.41, 5.74) is 2.57. The molecule has 0 unspecified atom stereocenters. The number of aryl methyl sites for hydroxylation is 1. The molecule has 0 radical (unpaired) electrons. The van der Waals surface area contributed by atoms with E-state index in [4.69, 9.17) is 9.47 Å². The van der Waals surface area contributed by atoms with Gasteiger partial charge in [-0.05, 0) is 55.3 Å². The number of carbonyl (C=O) groups is 2. The number of benzene rings is 2. The van der Waals surface area contributed by atoms with E-state index in [0.29, 0.717) is 18.0 Å². The van der Waals surface area contributed by atoms with Crippen LogP contribution in [0.3, 0.4) is 0 Å². The summed E-state index contributed by atoms with van der Waals surface area (Å²) in [5.74, 6) is 0.0408. The van der Waals surface area contributed by atoms with Crippen LogP contribution < -0.4 is 10.1 Å². The SMILES string of the molecule is CCOC(=O)/C=C/c1ccc(NC(=O)COc2cccc(C)c2)cc1. The Morgan fingerprint density at radius 1 is 1.12 bits per heavy atom. The minimum atomic E-state index is -0.381. The van der Waals surface area contributed by atoms with Crippen LogP contribution in [0.25, 0.3) is 6.08 Å². The molecule has 0 aliphatic rings. The molecule has 1 N–H and O–H groups in total. The summed E-state index contributed by atoms with van der Waals surface area (Å²) >= 11 is 0. The molecule has 2 rings (SSSR count). The Kier molecular flexibility index (Phi) is 6.77. The van der Waals surface area contributed by atoms with Crippen molar-refractivity contribution in [1.82, 2.24) is 0 Å². The summed E-state index contributed by atoms with van der Waals surface area (Å²) in [7, 11) is 0. The summed E-state index contributed by atoms with van der Waals surface area (Å²) in [4.78, 5) is 23.2. The Balaban J connectivity index is 1.83. The van der Waals surface area contributed by atoms with Crippen LogP contribution in [0.2, 0.25) is 0 Å². The van der Waals surface area contributed by atoms with Gasteiger partial charge in [0.15, 0.2) is 6.61 Å². The molecule has 0 aliphatic heterocycles. The lowest BCUT2D eigenvalue weighted by molar-refractivity contribution is -0.137. The maximum absolute atomic E-state index is 11.9. The number of hydrogen-bond acceptors (Lipinski definition) is 4. The minimum Gasteiger partial charge on any atom is -0.484 e. The second kappa shape index (κ2) is 9.27. The van der Waals surface area contributed by atoms with Crippen molar-refractivity contribution < 1.29 is 19.1 Å². The van der Waals surface area contributed by atoms with Crippen LogP contribution in [0, 0.1) is 6.92 Å². The van der Waals surface area contributed by atoms with E-state index in [1.807, 2.05) is 31.2 Å². The van der Waals surface area contributed by atoms with E-state index in [1.165, 1.54) is 6.08 Å². The maximum atomic E-state index is 11.9. The molecule has 0 fully saturated rings. The van der Waals surface area contributed by atoms with Gasteiger partial charge in [-0.25, -0.2) is 4.79 Å². The number of hydrogen-bond donors (Lipinski definition) is 1. The number of rotatable bonds is 7. The van der Waals surface area contributed by atoms with Gasteiger partial charge in [0.2, 0.25) is 0 Å². The zero-order valence-corrected chi connectivity index (χ0v) is 14.3. The van der Waals surface area contributed by atoms with Crippen molar-refractivity contribution in [3.63, 3.8) is 0 Å². The molecule has 25 heavy (non-hydrogen) atoms. The van der Waals surface area contributed by atoms with Crippen molar-refractivity contribution in [3.8, 4) is 5.75 Å². The molecule has 0 spiro atoms. The van der Waals surface area contributed by atoms with Crippen molar-refractivity contribution in [3.05, 3.63) is 65.7 Å². The second-order valence-corrected chi connectivity index (χ2v) is 5.36. The third kappa shape index (κ3) is 6.51. The monoisotopic (exact) mass is 339 g/mol. The average molecular weight is 339 g/mol. The minimum absolute atomic E-state index is 0.0615. The van der Waals surface area contributed by atoms with E-state index in [1.54, 1.807) is 37.3 Å². The number of esters is 1. The standard InChI is InChI=1S/C20H21NO4/c1-3-24-20(23)12-9-16-7-10-17(11-8-16)21-19(22)14-25-18-6-4-5-15(2)13-18/h4-13H,3,14H2,1-2H3,(H,21,22)/b12-9+. The van der Waals surface area contributed by atoms with Crippen LogP contribution in [0.15, 0.2) is 54.6 Å². The van der Waals surface area contributed by atoms with Crippen LogP contribution in [0.1, 0.15) is 18.1 Å². The van der Waals surface area contributed by atoms with E-state index >= 15 is 0 Å². The van der Waals surface area contributed by atoms with Gasteiger partial charge in [-0.15, -0.1) is 0 Å². The first-order chi connectivity index (χ1) is 12.1. The lowest BCUT2D eigenvalue weighted by Gasteiger charge is -2.08. The van der Waals surface area contributed by atoms with Crippen molar-refractivity contribution in [2.24, 2.45) is 0 Å². The highest BCUT2D eigenvalue weighted by Gasteiger charge is 2.04. The molecule has 0 saturated heterocycles. The van der Waals surface area contributed by atoms with Gasteiger partial charge >= 0.3 is 5.97 Å². The van der Waals surface area contributed by atoms with E-state index in [9.17, 15) is 9.59 Å². The summed E-state index contributed by atoms with van der Waals surface area (Å²) in [6.45, 7) is 4.00. The lowest BCUT2D eigenvalue weighted by Crippen LogP contribution is -2.20. The number of anilines is 1. The van der Waals surface area contributed by atoms with Gasteiger partial charge in [0.05, 0.1) is 6.61 Å². The highest BCUT2D eigenvalue weighted by Crippen LogP contribution is 2.13. The van der Waals surface area contributed by atoms with Gasteiger partial charge in [0, 0.05) is 11.8 Å². The largest absolute Gasteiger partial charge is 0.484 e. The molecule has 2 aromatic carbocycles. The van der Waals surface area contributed by atoms with Crippen molar-refractivity contribution in [1.29, 1.82) is 0 Å². The quantitative estimate of drug-likeness (QED) is 0.618. The molecule has 2 aromatic rings. The molecule has 0 saturated carbocycles. The Hall–Kier alpha value is -3.08. The summed E-state index contributed by atoms with van der Waals surface area (Å²) in [5, 5.41) is 2.76. The summed E-state index contributed by atoms with van der Waals surface area (Å²) in [6, 6.07) is 14.6. The zero-order chi connectivity index (χ0) is 18.1. The Labute approximate surface area is 147 Å². The van der Waals surface area contributed by atoms with E-state index < -0.39 is 0 Å². The van der Waals surface area contributed by atoms with E-state index in [2.05, 4.69) is 5.32 Å². The molecule has 5 heteroatoms. The number of carbonyl (C=O) groups excluding carboxylic acids is 2. The molecule has 0 bridgehead atoms. The smallest absolute Gasteiger partial charge is 0.330 e. The average Bonchev–Trinajstić information content (AvgIpc) is 2.60. The fourth-order valence-corrected chi connectivity index (χ4v) is 2.08. The van der Waals surface area contributed by atoms with Crippen LogP contribution in [-0.4, -0.2) is 25.1 Å². The van der Waals surface area contributed by atoms with E-state index in [0.717, 1.165) is 11.1 Å². The first-order valence-corrected chi connectivity index (χ1v) is 8.01. The van der Waals surface area contributed by atoms with Crippen molar-refractivity contribution in [2.45, 2.75) is 13.8 Å². The lowest BCUT2D eigenvalue weighted by atomic mass is 10.2. The fourth-order valence-electron chi connectivity index (χ4n) is 2.08. The third-order valence-corrected chi connectivity index (χ3v) is 3.25. The number of amides is 1. The first kappa shape index (κ1) is 18.3. The van der Waals surface area contributed by atoms with Crippen molar-refractivity contribution in [2.75, 3.05) is 18.5 Å². The van der Waals surface area contributed by atoms with Crippen molar-refractivity contribution >= 4 is 23.6 Å². The molecule has 0 heterocycles. The van der Waals surface area contributed by atoms with Crippen LogP contribution in [0.4, 0.5) is 5.69 Å². The Morgan fingerprint density at radius 2 is 1.88 bits per heavy atom. The summed E-state index contributed by atoms with van der Waals surface area (Å²) < 4.78 is 10.3. The number of nitrogens with one attached hydrogen (secondary N) is 1. The second-order valence-electron chi connectivity index (χ2n) is 5.36. The van der Waals surface area contributed by atoms with Gasteiger partial charge in [-0.2, -0.15) is 0 Å². The molecule has 0 aromatic heterocycles. The predicted octanol–water partition coefficient (Wildman–Crippen LogP) is 3.59.